The van der Waals surface area contributed by atoms with E-state index in [9.17, 15) is 24.9 Å². The van der Waals surface area contributed by atoms with Gasteiger partial charge < -0.3 is 41.0 Å². The van der Waals surface area contributed by atoms with Gasteiger partial charge in [0.25, 0.3) is 0 Å². The lowest BCUT2D eigenvalue weighted by atomic mass is 9.97. The number of amides is 1. The zero-order valence-electron chi connectivity index (χ0n) is 14.7. The number of carboxylic acid groups (broad SMARTS) is 1. The molecule has 1 aliphatic heterocycles. The normalized spacial score (nSPS) is 29.0. The second-order valence-electron chi connectivity index (χ2n) is 6.34. The highest BCUT2D eigenvalue weighted by Gasteiger charge is 2.46. The van der Waals surface area contributed by atoms with Crippen LogP contribution < -0.4 is 15.8 Å². The van der Waals surface area contributed by atoms with E-state index in [-0.39, 0.29) is 6.42 Å². The number of nitrogens with two attached hydrogens (primary N) is 1. The Hall–Kier alpha value is -2.24. The molecule has 0 spiro atoms. The second-order valence-corrected chi connectivity index (χ2v) is 6.34. The standard InChI is InChI=1S/C17H24N2O8/c1-8(21)19-13-15(23)14(22)12(7-20)27-17(13)26-10-4-2-9(3-5-10)6-11(18)16(24)25/h2-5,11-15,17,20,22-23H,6-7,18H2,1H3,(H,19,21)(H,24,25)/t11-,12+,13+,14+,15+,17-/m0/s1. The number of aliphatic hydroxyl groups excluding tert-OH is 3. The van der Waals surface area contributed by atoms with Crippen molar-refractivity contribution in [1.82, 2.24) is 5.32 Å². The van der Waals surface area contributed by atoms with Gasteiger partial charge in [-0.05, 0) is 24.1 Å². The first kappa shape index (κ1) is 21.1. The van der Waals surface area contributed by atoms with Crippen molar-refractivity contribution in [2.24, 2.45) is 5.73 Å². The number of benzene rings is 1. The fourth-order valence-corrected chi connectivity index (χ4v) is 2.75. The van der Waals surface area contributed by atoms with Gasteiger partial charge in [-0.25, -0.2) is 0 Å². The highest BCUT2D eigenvalue weighted by Crippen LogP contribution is 2.25. The molecule has 1 aromatic carbocycles. The van der Waals surface area contributed by atoms with Crippen LogP contribution in [0.25, 0.3) is 0 Å². The minimum absolute atomic E-state index is 0.140. The molecule has 1 amide bonds. The van der Waals surface area contributed by atoms with Crippen LogP contribution in [0.15, 0.2) is 24.3 Å². The van der Waals surface area contributed by atoms with Gasteiger partial charge in [-0.3, -0.25) is 9.59 Å². The third kappa shape index (κ3) is 5.37. The Morgan fingerprint density at radius 3 is 2.41 bits per heavy atom. The number of hydrogen-bond donors (Lipinski definition) is 6. The van der Waals surface area contributed by atoms with Gasteiger partial charge in [-0.15, -0.1) is 0 Å². The molecule has 1 saturated heterocycles. The van der Waals surface area contributed by atoms with Gasteiger partial charge in [0, 0.05) is 6.92 Å². The van der Waals surface area contributed by atoms with Gasteiger partial charge >= 0.3 is 5.97 Å². The summed E-state index contributed by atoms with van der Waals surface area (Å²) >= 11 is 0. The van der Waals surface area contributed by atoms with Crippen LogP contribution in [0.5, 0.6) is 5.75 Å². The third-order valence-corrected chi connectivity index (χ3v) is 4.20. The lowest BCUT2D eigenvalue weighted by molar-refractivity contribution is -0.244. The van der Waals surface area contributed by atoms with Crippen molar-refractivity contribution in [3.8, 4) is 5.75 Å². The Bertz CT molecular complexity index is 653. The molecule has 1 aromatic rings. The van der Waals surface area contributed by atoms with Crippen LogP contribution in [0.3, 0.4) is 0 Å². The van der Waals surface area contributed by atoms with Gasteiger partial charge in [0.15, 0.2) is 0 Å². The van der Waals surface area contributed by atoms with Gasteiger partial charge in [-0.1, -0.05) is 12.1 Å². The van der Waals surface area contributed by atoms with Crippen molar-refractivity contribution in [3.05, 3.63) is 29.8 Å². The van der Waals surface area contributed by atoms with Gasteiger partial charge in [-0.2, -0.15) is 0 Å². The molecule has 0 bridgehead atoms. The maximum Gasteiger partial charge on any atom is 0.320 e. The van der Waals surface area contributed by atoms with E-state index in [1.165, 1.54) is 6.92 Å². The third-order valence-electron chi connectivity index (χ3n) is 4.20. The first-order valence-corrected chi connectivity index (χ1v) is 8.36. The molecule has 10 nitrogen and oxygen atoms in total. The molecule has 0 unspecified atom stereocenters. The molecule has 6 atom stereocenters. The molecule has 150 valence electrons. The number of aliphatic carboxylic acids is 1. The Morgan fingerprint density at radius 2 is 1.89 bits per heavy atom. The van der Waals surface area contributed by atoms with E-state index in [4.69, 9.17) is 20.3 Å². The molecule has 0 saturated carbocycles. The van der Waals surface area contributed by atoms with Crippen LogP contribution in [0, 0.1) is 0 Å². The minimum Gasteiger partial charge on any atom is -0.480 e. The number of carbonyl (C=O) groups excluding carboxylic acids is 1. The summed E-state index contributed by atoms with van der Waals surface area (Å²) in [4.78, 5) is 22.2. The molecule has 0 radical (unpaired) electrons. The average Bonchev–Trinajstić information content (AvgIpc) is 2.62. The zero-order chi connectivity index (χ0) is 20.1. The molecule has 2 rings (SSSR count). The maximum atomic E-state index is 11.4. The Morgan fingerprint density at radius 1 is 1.26 bits per heavy atom. The number of carboxylic acids is 1. The van der Waals surface area contributed by atoms with Crippen LogP contribution >= 0.6 is 0 Å². The summed E-state index contributed by atoms with van der Waals surface area (Å²) in [5, 5.41) is 40.8. The van der Waals surface area contributed by atoms with Crippen molar-refractivity contribution in [2.75, 3.05) is 6.61 Å². The number of aliphatic hydroxyl groups is 3. The Labute approximate surface area is 155 Å². The summed E-state index contributed by atoms with van der Waals surface area (Å²) in [6, 6.07) is 4.30. The first-order valence-electron chi connectivity index (χ1n) is 8.36. The largest absolute Gasteiger partial charge is 0.480 e. The molecule has 1 fully saturated rings. The highest BCUT2D eigenvalue weighted by molar-refractivity contribution is 5.73. The van der Waals surface area contributed by atoms with Gasteiger partial charge in [0.1, 0.15) is 36.1 Å². The van der Waals surface area contributed by atoms with Crippen molar-refractivity contribution < 1.29 is 39.5 Å². The predicted molar refractivity (Wildman–Crippen MR) is 91.8 cm³/mol. The number of ether oxygens (including phenoxy) is 2. The summed E-state index contributed by atoms with van der Waals surface area (Å²) < 4.78 is 11.1. The molecule has 0 aliphatic carbocycles. The van der Waals surface area contributed by atoms with E-state index < -0.39 is 55.2 Å². The van der Waals surface area contributed by atoms with E-state index in [0.717, 1.165) is 0 Å². The molecule has 27 heavy (non-hydrogen) atoms. The van der Waals surface area contributed by atoms with Gasteiger partial charge in [0.2, 0.25) is 12.2 Å². The lowest BCUT2D eigenvalue weighted by Crippen LogP contribution is -2.65. The molecular weight excluding hydrogens is 360 g/mol. The second kappa shape index (κ2) is 9.11. The SMILES string of the molecule is CC(=O)N[C@H]1[C@@H](Oc2ccc(C[C@H](N)C(=O)O)cc2)O[C@H](CO)[C@@H](O)[C@@H]1O. The maximum absolute atomic E-state index is 11.4. The molecule has 0 aromatic heterocycles. The Balaban J connectivity index is 2.11. The minimum atomic E-state index is -1.40. The lowest BCUT2D eigenvalue weighted by Gasteiger charge is -2.42. The fourth-order valence-electron chi connectivity index (χ4n) is 2.75. The average molecular weight is 384 g/mol. The number of rotatable bonds is 7. The van der Waals surface area contributed by atoms with Gasteiger partial charge in [0.05, 0.1) is 6.61 Å². The van der Waals surface area contributed by atoms with Crippen LogP contribution in [0.1, 0.15) is 12.5 Å². The van der Waals surface area contributed by atoms with Crippen LogP contribution in [-0.4, -0.2) is 75.6 Å². The van der Waals surface area contributed by atoms with E-state index in [1.807, 2.05) is 0 Å². The van der Waals surface area contributed by atoms with Crippen molar-refractivity contribution in [3.63, 3.8) is 0 Å². The summed E-state index contributed by atoms with van der Waals surface area (Å²) in [6.07, 6.45) is -4.90. The van der Waals surface area contributed by atoms with E-state index >= 15 is 0 Å². The Kier molecular flexibility index (Phi) is 7.11. The van der Waals surface area contributed by atoms with E-state index in [0.29, 0.717) is 11.3 Å². The summed E-state index contributed by atoms with van der Waals surface area (Å²) in [7, 11) is 0. The highest BCUT2D eigenvalue weighted by atomic mass is 16.7. The van der Waals surface area contributed by atoms with E-state index in [2.05, 4.69) is 5.32 Å². The summed E-state index contributed by atoms with van der Waals surface area (Å²) in [5.74, 6) is -1.24. The quantitative estimate of drug-likeness (QED) is 0.310. The van der Waals surface area contributed by atoms with Crippen LogP contribution in [0.2, 0.25) is 0 Å². The van der Waals surface area contributed by atoms with Crippen molar-refractivity contribution >= 4 is 11.9 Å². The topological polar surface area (TPSA) is 172 Å². The summed E-state index contributed by atoms with van der Waals surface area (Å²) in [6.45, 7) is 0.700. The smallest absolute Gasteiger partial charge is 0.320 e. The number of hydrogen-bond acceptors (Lipinski definition) is 8. The first-order chi connectivity index (χ1) is 12.7. The predicted octanol–water partition coefficient (Wildman–Crippen LogP) is -2.04. The molecule has 1 heterocycles. The number of nitrogens with one attached hydrogen (secondary N) is 1. The number of carbonyl (C=O) groups is 2. The molecule has 1 aliphatic rings. The fraction of sp³-hybridized carbons (Fsp3) is 0.529. The van der Waals surface area contributed by atoms with Crippen molar-refractivity contribution in [1.29, 1.82) is 0 Å². The molecule has 10 heteroatoms. The van der Waals surface area contributed by atoms with E-state index in [1.54, 1.807) is 24.3 Å². The molecule has 7 N–H and O–H groups in total. The van der Waals surface area contributed by atoms with Crippen LogP contribution in [0.4, 0.5) is 0 Å². The molecular formula is C17H24N2O8. The van der Waals surface area contributed by atoms with Crippen molar-refractivity contribution in [2.45, 2.75) is 50.0 Å². The monoisotopic (exact) mass is 384 g/mol. The zero-order valence-corrected chi connectivity index (χ0v) is 14.7. The summed E-state index contributed by atoms with van der Waals surface area (Å²) in [5.41, 5.74) is 6.18. The van der Waals surface area contributed by atoms with Crippen LogP contribution in [-0.2, 0) is 20.7 Å².